The van der Waals surface area contributed by atoms with Gasteiger partial charge in [-0.25, -0.2) is 0 Å². The molecule has 0 aliphatic carbocycles. The Morgan fingerprint density at radius 1 is 0.900 bits per heavy atom. The topological polar surface area (TPSA) is 15.8 Å². The van der Waals surface area contributed by atoms with Crippen LogP contribution in [-0.2, 0) is 5.41 Å². The molecule has 0 atom stereocenters. The van der Waals surface area contributed by atoms with Gasteiger partial charge in [-0.15, -0.1) is 11.3 Å². The molecule has 3 rings (SSSR count). The quantitative estimate of drug-likeness (QED) is 0.580. The summed E-state index contributed by atoms with van der Waals surface area (Å²) in [4.78, 5) is 6.29. The van der Waals surface area contributed by atoms with Crippen LogP contribution in [0.15, 0.2) is 30.3 Å². The summed E-state index contributed by atoms with van der Waals surface area (Å²) in [6, 6.07) is 11.3. The second kappa shape index (κ2) is 4.49. The van der Waals surface area contributed by atoms with Crippen molar-refractivity contribution in [1.82, 2.24) is 4.98 Å². The number of hydrogen-bond acceptors (Lipinski definition) is 1. The summed E-state index contributed by atoms with van der Waals surface area (Å²) >= 11 is 1.87. The van der Waals surface area contributed by atoms with E-state index in [2.05, 4.69) is 69.9 Å². The molecule has 20 heavy (non-hydrogen) atoms. The highest BCUT2D eigenvalue weighted by molar-refractivity contribution is 7.18. The number of benzene rings is 1. The van der Waals surface area contributed by atoms with Crippen molar-refractivity contribution in [2.45, 2.75) is 40.0 Å². The minimum absolute atomic E-state index is 0.227. The fourth-order valence-corrected chi connectivity index (χ4v) is 3.69. The normalized spacial score (nSPS) is 12.2. The van der Waals surface area contributed by atoms with Gasteiger partial charge in [0.05, 0.1) is 0 Å². The van der Waals surface area contributed by atoms with E-state index >= 15 is 0 Å². The fraction of sp³-hybridized carbons (Fsp3) is 0.333. The summed E-state index contributed by atoms with van der Waals surface area (Å²) in [7, 11) is 0. The Morgan fingerprint density at radius 3 is 2.10 bits per heavy atom. The van der Waals surface area contributed by atoms with Crippen LogP contribution >= 0.6 is 11.3 Å². The van der Waals surface area contributed by atoms with Gasteiger partial charge in [0.1, 0.15) is 4.83 Å². The Kier molecular flexibility index (Phi) is 3.02. The molecule has 1 N–H and O–H groups in total. The third-order valence-corrected chi connectivity index (χ3v) is 5.07. The van der Waals surface area contributed by atoms with Crippen LogP contribution in [0.2, 0.25) is 0 Å². The molecule has 0 amide bonds. The lowest BCUT2D eigenvalue weighted by molar-refractivity contribution is 0.604. The highest BCUT2D eigenvalue weighted by atomic mass is 32.1. The summed E-state index contributed by atoms with van der Waals surface area (Å²) in [5.41, 5.74) is 5.35. The highest BCUT2D eigenvalue weighted by Crippen LogP contribution is 2.36. The van der Waals surface area contributed by atoms with Gasteiger partial charge in [0, 0.05) is 16.0 Å². The number of aromatic nitrogens is 1. The summed E-state index contributed by atoms with van der Waals surface area (Å²) in [5.74, 6) is 0. The third kappa shape index (κ3) is 2.40. The lowest BCUT2D eigenvalue weighted by Crippen LogP contribution is -2.07. The van der Waals surface area contributed by atoms with E-state index in [1.54, 1.807) is 0 Å². The third-order valence-electron chi connectivity index (χ3n) is 3.58. The maximum atomic E-state index is 3.58. The standard InChI is InChI=1S/C18H21NS/c1-11-6-12(2)8-13(7-11)15-9-14-10-16(18(3,4)5)20-17(14)19-15/h6-10,19H,1-5H3. The second-order valence-electron chi connectivity index (χ2n) is 6.70. The molecule has 2 heterocycles. The summed E-state index contributed by atoms with van der Waals surface area (Å²) in [6.45, 7) is 11.1. The number of aromatic amines is 1. The minimum Gasteiger partial charge on any atom is -0.346 e. The molecule has 2 aromatic heterocycles. The van der Waals surface area contributed by atoms with Crippen LogP contribution in [0.25, 0.3) is 21.5 Å². The first-order chi connectivity index (χ1) is 9.33. The van der Waals surface area contributed by atoms with Crippen molar-refractivity contribution in [2.75, 3.05) is 0 Å². The molecule has 0 saturated carbocycles. The molecule has 1 nitrogen and oxygen atoms in total. The van der Waals surface area contributed by atoms with Crippen molar-refractivity contribution >= 4 is 21.6 Å². The number of fused-ring (bicyclic) bond motifs is 1. The van der Waals surface area contributed by atoms with Gasteiger partial charge in [0.25, 0.3) is 0 Å². The summed E-state index contributed by atoms with van der Waals surface area (Å²) in [6.07, 6.45) is 0. The van der Waals surface area contributed by atoms with Crippen LogP contribution in [0.3, 0.4) is 0 Å². The molecule has 0 spiro atoms. The van der Waals surface area contributed by atoms with Crippen molar-refractivity contribution in [2.24, 2.45) is 0 Å². The molecule has 0 aliphatic heterocycles. The molecular formula is C18H21NS. The zero-order valence-corrected chi connectivity index (χ0v) is 13.6. The lowest BCUT2D eigenvalue weighted by Gasteiger charge is -2.15. The Hall–Kier alpha value is -1.54. The van der Waals surface area contributed by atoms with Gasteiger partial charge >= 0.3 is 0 Å². The predicted molar refractivity (Wildman–Crippen MR) is 89.8 cm³/mol. The zero-order chi connectivity index (χ0) is 14.5. The van der Waals surface area contributed by atoms with E-state index in [0.29, 0.717) is 0 Å². The first kappa shape index (κ1) is 13.4. The number of rotatable bonds is 1. The van der Waals surface area contributed by atoms with Crippen molar-refractivity contribution in [1.29, 1.82) is 0 Å². The van der Waals surface area contributed by atoms with Crippen LogP contribution in [0, 0.1) is 13.8 Å². The number of nitrogens with one attached hydrogen (secondary N) is 1. The van der Waals surface area contributed by atoms with Crippen molar-refractivity contribution in [3.05, 3.63) is 46.3 Å². The van der Waals surface area contributed by atoms with Crippen LogP contribution in [0.5, 0.6) is 0 Å². The van der Waals surface area contributed by atoms with E-state index in [4.69, 9.17) is 0 Å². The smallest absolute Gasteiger partial charge is 0.100 e. The number of aryl methyl sites for hydroxylation is 2. The van der Waals surface area contributed by atoms with Crippen molar-refractivity contribution < 1.29 is 0 Å². The molecule has 104 valence electrons. The van der Waals surface area contributed by atoms with Crippen LogP contribution < -0.4 is 0 Å². The fourth-order valence-electron chi connectivity index (χ4n) is 2.58. The molecular weight excluding hydrogens is 262 g/mol. The maximum absolute atomic E-state index is 3.58. The number of hydrogen-bond donors (Lipinski definition) is 1. The van der Waals surface area contributed by atoms with Gasteiger partial charge in [-0.2, -0.15) is 0 Å². The van der Waals surface area contributed by atoms with Gasteiger partial charge in [0.2, 0.25) is 0 Å². The Bertz CT molecular complexity index is 717. The van der Waals surface area contributed by atoms with E-state index in [9.17, 15) is 0 Å². The zero-order valence-electron chi connectivity index (χ0n) is 12.8. The molecule has 3 aromatic rings. The van der Waals surface area contributed by atoms with Crippen molar-refractivity contribution in [3.63, 3.8) is 0 Å². The van der Waals surface area contributed by atoms with E-state index in [0.717, 1.165) is 0 Å². The molecule has 0 unspecified atom stereocenters. The van der Waals surface area contributed by atoms with E-state index in [1.807, 2.05) is 11.3 Å². The van der Waals surface area contributed by atoms with Crippen LogP contribution in [0.1, 0.15) is 36.8 Å². The van der Waals surface area contributed by atoms with Gasteiger partial charge in [-0.05, 0) is 49.1 Å². The van der Waals surface area contributed by atoms with Gasteiger partial charge in [-0.1, -0.05) is 38.0 Å². The molecule has 1 aromatic carbocycles. The highest BCUT2D eigenvalue weighted by Gasteiger charge is 2.18. The predicted octanol–water partition coefficient (Wildman–Crippen LogP) is 5.81. The van der Waals surface area contributed by atoms with Gasteiger partial charge in [0.15, 0.2) is 0 Å². The Labute approximate surface area is 124 Å². The summed E-state index contributed by atoms with van der Waals surface area (Å²) in [5, 5.41) is 1.33. The molecule has 0 bridgehead atoms. The summed E-state index contributed by atoms with van der Waals surface area (Å²) < 4.78 is 0. The largest absolute Gasteiger partial charge is 0.346 e. The first-order valence-electron chi connectivity index (χ1n) is 7.04. The SMILES string of the molecule is Cc1cc(C)cc(-c2cc3cc(C(C)(C)C)sc3[nH]2)c1. The molecule has 0 radical (unpaired) electrons. The minimum atomic E-state index is 0.227. The van der Waals surface area contributed by atoms with Gasteiger partial charge < -0.3 is 4.98 Å². The molecule has 0 saturated heterocycles. The van der Waals surface area contributed by atoms with E-state index in [-0.39, 0.29) is 5.41 Å². The molecule has 2 heteroatoms. The van der Waals surface area contributed by atoms with Gasteiger partial charge in [-0.3, -0.25) is 0 Å². The van der Waals surface area contributed by atoms with E-state index in [1.165, 1.54) is 37.5 Å². The number of H-pyrrole nitrogens is 1. The molecule has 0 fully saturated rings. The van der Waals surface area contributed by atoms with E-state index < -0.39 is 0 Å². The lowest BCUT2D eigenvalue weighted by atomic mass is 9.94. The Balaban J connectivity index is 2.08. The maximum Gasteiger partial charge on any atom is 0.100 e. The monoisotopic (exact) mass is 283 g/mol. The average Bonchev–Trinajstić information content (AvgIpc) is 2.83. The van der Waals surface area contributed by atoms with Crippen LogP contribution in [-0.4, -0.2) is 4.98 Å². The van der Waals surface area contributed by atoms with Crippen molar-refractivity contribution in [3.8, 4) is 11.3 Å². The Morgan fingerprint density at radius 2 is 1.55 bits per heavy atom. The van der Waals surface area contributed by atoms with Crippen LogP contribution in [0.4, 0.5) is 0 Å². The molecule has 0 aliphatic rings. The number of thiophene rings is 1. The average molecular weight is 283 g/mol. The first-order valence-corrected chi connectivity index (χ1v) is 7.86. The second-order valence-corrected chi connectivity index (χ2v) is 7.76.